The summed E-state index contributed by atoms with van der Waals surface area (Å²) in [5, 5.41) is 5.42. The van der Waals surface area contributed by atoms with E-state index in [1.807, 2.05) is 31.2 Å². The van der Waals surface area contributed by atoms with E-state index in [4.69, 9.17) is 13.9 Å². The fraction of sp³-hybridized carbons (Fsp3) is 0.167. The summed E-state index contributed by atoms with van der Waals surface area (Å²) in [6.45, 7) is 2.29. The van der Waals surface area contributed by atoms with Crippen molar-refractivity contribution >= 4 is 17.9 Å². The molecule has 160 valence electrons. The van der Waals surface area contributed by atoms with Crippen molar-refractivity contribution in [3.05, 3.63) is 89.5 Å². The molecule has 0 spiro atoms. The third kappa shape index (κ3) is 5.99. The number of aryl methyl sites for hydroxylation is 1. The van der Waals surface area contributed by atoms with E-state index in [0.717, 1.165) is 5.56 Å². The van der Waals surface area contributed by atoms with Crippen molar-refractivity contribution in [2.75, 3.05) is 20.3 Å². The maximum atomic E-state index is 12.7. The van der Waals surface area contributed by atoms with Gasteiger partial charge in [0.25, 0.3) is 11.8 Å². The number of methoxy groups -OCH3 is 1. The van der Waals surface area contributed by atoms with Gasteiger partial charge in [0.05, 0.1) is 19.9 Å². The number of furan rings is 1. The second-order valence-corrected chi connectivity index (χ2v) is 6.60. The van der Waals surface area contributed by atoms with Crippen LogP contribution in [0.2, 0.25) is 0 Å². The number of amides is 2. The van der Waals surface area contributed by atoms with Gasteiger partial charge < -0.3 is 24.5 Å². The van der Waals surface area contributed by atoms with Crippen LogP contribution in [-0.2, 0) is 4.79 Å². The maximum absolute atomic E-state index is 12.7. The van der Waals surface area contributed by atoms with E-state index >= 15 is 0 Å². The number of para-hydroxylation sites is 2. The molecule has 0 unspecified atom stereocenters. The number of hydrogen-bond acceptors (Lipinski definition) is 5. The molecule has 1 aromatic heterocycles. The molecule has 0 aliphatic rings. The zero-order valence-corrected chi connectivity index (χ0v) is 17.4. The van der Waals surface area contributed by atoms with E-state index in [0.29, 0.717) is 22.8 Å². The fourth-order valence-electron chi connectivity index (χ4n) is 2.85. The molecule has 7 heteroatoms. The van der Waals surface area contributed by atoms with Gasteiger partial charge in [-0.15, -0.1) is 0 Å². The van der Waals surface area contributed by atoms with Crippen molar-refractivity contribution in [3.8, 4) is 11.5 Å². The molecule has 0 aliphatic heterocycles. The van der Waals surface area contributed by atoms with E-state index in [9.17, 15) is 9.59 Å². The first-order chi connectivity index (χ1) is 15.1. The summed E-state index contributed by atoms with van der Waals surface area (Å²) < 4.78 is 16.2. The standard InChI is InChI=1S/C24H24N2O5/c1-17-8-3-4-10-19(17)23(27)26-20(16-18-9-7-14-30-18)24(28)25-13-15-31-22-12-6-5-11-21(22)29-2/h3-12,14,16H,13,15H2,1-2H3,(H,25,28)(H,26,27)/b20-16-. The molecule has 0 radical (unpaired) electrons. The summed E-state index contributed by atoms with van der Waals surface area (Å²) in [4.78, 5) is 25.4. The van der Waals surface area contributed by atoms with Crippen LogP contribution in [-0.4, -0.2) is 32.1 Å². The number of ether oxygens (including phenoxy) is 2. The van der Waals surface area contributed by atoms with Crippen LogP contribution in [0.3, 0.4) is 0 Å². The van der Waals surface area contributed by atoms with Crippen LogP contribution < -0.4 is 20.1 Å². The van der Waals surface area contributed by atoms with Gasteiger partial charge in [-0.05, 0) is 42.8 Å². The van der Waals surface area contributed by atoms with Crippen LogP contribution in [0.15, 0.2) is 77.0 Å². The zero-order chi connectivity index (χ0) is 22.1. The first-order valence-corrected chi connectivity index (χ1v) is 9.74. The lowest BCUT2D eigenvalue weighted by Crippen LogP contribution is -2.36. The average molecular weight is 420 g/mol. The lowest BCUT2D eigenvalue weighted by atomic mass is 10.1. The van der Waals surface area contributed by atoms with Gasteiger partial charge in [0.1, 0.15) is 18.1 Å². The van der Waals surface area contributed by atoms with Crippen LogP contribution >= 0.6 is 0 Å². The van der Waals surface area contributed by atoms with Crippen molar-refractivity contribution in [2.45, 2.75) is 6.92 Å². The van der Waals surface area contributed by atoms with Gasteiger partial charge in [0.15, 0.2) is 11.5 Å². The maximum Gasteiger partial charge on any atom is 0.268 e. The molecular formula is C24H24N2O5. The summed E-state index contributed by atoms with van der Waals surface area (Å²) in [7, 11) is 1.56. The van der Waals surface area contributed by atoms with Crippen LogP contribution in [0.4, 0.5) is 0 Å². The number of nitrogens with one attached hydrogen (secondary N) is 2. The molecule has 0 saturated heterocycles. The van der Waals surface area contributed by atoms with Crippen LogP contribution in [0.1, 0.15) is 21.7 Å². The third-order valence-corrected chi connectivity index (χ3v) is 4.43. The number of carbonyl (C=O) groups is 2. The van der Waals surface area contributed by atoms with E-state index in [2.05, 4.69) is 10.6 Å². The molecule has 7 nitrogen and oxygen atoms in total. The Morgan fingerprint density at radius 3 is 2.45 bits per heavy atom. The SMILES string of the molecule is COc1ccccc1OCCNC(=O)/C(=C/c1ccco1)NC(=O)c1ccccc1C. The molecule has 0 fully saturated rings. The van der Waals surface area contributed by atoms with Crippen molar-refractivity contribution in [2.24, 2.45) is 0 Å². The number of carbonyl (C=O) groups excluding carboxylic acids is 2. The smallest absolute Gasteiger partial charge is 0.268 e. The number of benzene rings is 2. The van der Waals surface area contributed by atoms with Crippen molar-refractivity contribution in [1.29, 1.82) is 0 Å². The van der Waals surface area contributed by atoms with Crippen molar-refractivity contribution in [3.63, 3.8) is 0 Å². The summed E-state index contributed by atoms with van der Waals surface area (Å²) in [5.41, 5.74) is 1.36. The van der Waals surface area contributed by atoms with Gasteiger partial charge in [-0.25, -0.2) is 0 Å². The molecule has 0 atom stereocenters. The summed E-state index contributed by atoms with van der Waals surface area (Å²) in [5.74, 6) is 0.801. The van der Waals surface area contributed by atoms with E-state index < -0.39 is 5.91 Å². The highest BCUT2D eigenvalue weighted by Crippen LogP contribution is 2.25. The van der Waals surface area contributed by atoms with Gasteiger partial charge in [-0.1, -0.05) is 30.3 Å². The molecule has 2 amide bonds. The Kier molecular flexibility index (Phi) is 7.48. The monoisotopic (exact) mass is 420 g/mol. The summed E-state index contributed by atoms with van der Waals surface area (Å²) >= 11 is 0. The molecule has 0 bridgehead atoms. The Hall–Kier alpha value is -4.00. The van der Waals surface area contributed by atoms with Gasteiger partial charge in [0.2, 0.25) is 0 Å². The predicted octanol–water partition coefficient (Wildman–Crippen LogP) is 3.56. The zero-order valence-electron chi connectivity index (χ0n) is 17.4. The van der Waals surface area contributed by atoms with Crippen molar-refractivity contribution < 1.29 is 23.5 Å². The highest BCUT2D eigenvalue weighted by Gasteiger charge is 2.16. The Morgan fingerprint density at radius 1 is 1.00 bits per heavy atom. The van der Waals surface area contributed by atoms with Gasteiger partial charge in [-0.3, -0.25) is 9.59 Å². The third-order valence-electron chi connectivity index (χ3n) is 4.43. The minimum absolute atomic E-state index is 0.0699. The van der Waals surface area contributed by atoms with Crippen LogP contribution in [0.25, 0.3) is 6.08 Å². The Balaban J connectivity index is 1.64. The average Bonchev–Trinajstić information content (AvgIpc) is 3.29. The normalized spacial score (nSPS) is 11.0. The topological polar surface area (TPSA) is 89.8 Å². The van der Waals surface area contributed by atoms with E-state index in [-0.39, 0.29) is 24.8 Å². The number of hydrogen-bond donors (Lipinski definition) is 2. The molecule has 3 aromatic rings. The second-order valence-electron chi connectivity index (χ2n) is 6.60. The predicted molar refractivity (Wildman–Crippen MR) is 117 cm³/mol. The van der Waals surface area contributed by atoms with Gasteiger partial charge in [0, 0.05) is 11.6 Å². The molecule has 0 saturated carbocycles. The molecule has 3 rings (SSSR count). The first-order valence-electron chi connectivity index (χ1n) is 9.74. The largest absolute Gasteiger partial charge is 0.493 e. The lowest BCUT2D eigenvalue weighted by molar-refractivity contribution is -0.117. The number of rotatable bonds is 9. The molecule has 2 aromatic carbocycles. The molecule has 1 heterocycles. The van der Waals surface area contributed by atoms with Crippen molar-refractivity contribution in [1.82, 2.24) is 10.6 Å². The first kappa shape index (κ1) is 21.7. The Labute approximate surface area is 180 Å². The Bertz CT molecular complexity index is 1060. The van der Waals surface area contributed by atoms with Gasteiger partial charge >= 0.3 is 0 Å². The Morgan fingerprint density at radius 2 is 1.74 bits per heavy atom. The minimum atomic E-state index is -0.457. The van der Waals surface area contributed by atoms with Gasteiger partial charge in [-0.2, -0.15) is 0 Å². The molecular weight excluding hydrogens is 396 g/mol. The molecule has 0 aliphatic carbocycles. The highest BCUT2D eigenvalue weighted by atomic mass is 16.5. The molecule has 31 heavy (non-hydrogen) atoms. The van der Waals surface area contributed by atoms with E-state index in [1.54, 1.807) is 43.5 Å². The van der Waals surface area contributed by atoms with E-state index in [1.165, 1.54) is 12.3 Å². The summed E-state index contributed by atoms with van der Waals surface area (Å²) in [6, 6.07) is 17.8. The minimum Gasteiger partial charge on any atom is -0.493 e. The fourth-order valence-corrected chi connectivity index (χ4v) is 2.85. The van der Waals surface area contributed by atoms with Crippen LogP contribution in [0, 0.1) is 6.92 Å². The second kappa shape index (κ2) is 10.7. The quantitative estimate of drug-likeness (QED) is 0.408. The van der Waals surface area contributed by atoms with Crippen LogP contribution in [0.5, 0.6) is 11.5 Å². The summed E-state index contributed by atoms with van der Waals surface area (Å²) in [6.07, 6.45) is 2.97. The molecule has 2 N–H and O–H groups in total. The highest BCUT2D eigenvalue weighted by molar-refractivity contribution is 6.05. The lowest BCUT2D eigenvalue weighted by Gasteiger charge is -2.13.